The molecule has 0 radical (unpaired) electrons. The third-order valence-electron chi connectivity index (χ3n) is 1.71. The van der Waals surface area contributed by atoms with Crippen LogP contribution < -0.4 is 11.2 Å². The largest absolute Gasteiger partial charge is 0.330 e. The molecule has 0 unspecified atom stereocenters. The van der Waals surface area contributed by atoms with Crippen LogP contribution in [0.2, 0.25) is 0 Å². The topological polar surface area (TPSA) is 61.1 Å². The van der Waals surface area contributed by atoms with Gasteiger partial charge in [-0.3, -0.25) is 9.36 Å². The molecule has 0 fully saturated rings. The number of rotatable bonds is 3. The summed E-state index contributed by atoms with van der Waals surface area (Å²) < 4.78 is 2.33. The fourth-order valence-corrected chi connectivity index (χ4v) is 1.00. The first-order valence-electron chi connectivity index (χ1n) is 3.87. The number of aromatic nitrogens is 2. The van der Waals surface area contributed by atoms with Crippen molar-refractivity contribution >= 4 is 6.29 Å². The number of carbonyl (C=O) groups is 1. The normalized spacial score (nSPS) is 9.92. The van der Waals surface area contributed by atoms with Crippen molar-refractivity contribution in [3.63, 3.8) is 0 Å². The second-order valence-corrected chi connectivity index (χ2v) is 2.65. The summed E-state index contributed by atoms with van der Waals surface area (Å²) in [6.45, 7) is 0.149. The summed E-state index contributed by atoms with van der Waals surface area (Å²) in [5, 5.41) is 0. The number of carbonyl (C=O) groups excluding carboxylic acids is 1. The molecule has 13 heavy (non-hydrogen) atoms. The molecule has 1 aromatic rings. The van der Waals surface area contributed by atoms with Gasteiger partial charge in [-0.05, 0) is 0 Å². The maximum Gasteiger partial charge on any atom is 0.330 e. The van der Waals surface area contributed by atoms with Crippen molar-refractivity contribution < 1.29 is 4.79 Å². The van der Waals surface area contributed by atoms with Crippen molar-refractivity contribution in [2.24, 2.45) is 7.05 Å². The van der Waals surface area contributed by atoms with E-state index in [0.717, 1.165) is 4.57 Å². The minimum absolute atomic E-state index is 0.149. The van der Waals surface area contributed by atoms with E-state index < -0.39 is 5.69 Å². The van der Waals surface area contributed by atoms with E-state index in [-0.39, 0.29) is 18.5 Å². The summed E-state index contributed by atoms with van der Waals surface area (Å²) in [5.74, 6) is 0. The number of nitrogens with zero attached hydrogens (tertiary/aromatic N) is 2. The molecule has 1 rings (SSSR count). The van der Waals surface area contributed by atoms with E-state index >= 15 is 0 Å². The number of aryl methyl sites for hydroxylation is 1. The Labute approximate surface area is 74.2 Å². The van der Waals surface area contributed by atoms with Crippen molar-refractivity contribution in [2.45, 2.75) is 13.0 Å². The molecule has 5 heteroatoms. The Bertz CT molecular complexity index is 416. The van der Waals surface area contributed by atoms with Gasteiger partial charge in [0, 0.05) is 32.3 Å². The minimum Gasteiger partial charge on any atom is -0.303 e. The lowest BCUT2D eigenvalue weighted by Crippen LogP contribution is -2.37. The maximum atomic E-state index is 11.3. The average molecular weight is 182 g/mol. The van der Waals surface area contributed by atoms with Crippen molar-refractivity contribution in [3.05, 3.63) is 33.1 Å². The quantitative estimate of drug-likeness (QED) is 0.571. The lowest BCUT2D eigenvalue weighted by Gasteiger charge is -2.02. The van der Waals surface area contributed by atoms with Gasteiger partial charge in [0.1, 0.15) is 6.29 Å². The van der Waals surface area contributed by atoms with Crippen LogP contribution in [0, 0.1) is 0 Å². The van der Waals surface area contributed by atoms with E-state index in [2.05, 4.69) is 0 Å². The molecular formula is C8H10N2O3. The highest BCUT2D eigenvalue weighted by molar-refractivity contribution is 5.48. The number of aldehydes is 1. The Morgan fingerprint density at radius 3 is 2.77 bits per heavy atom. The molecule has 0 aliphatic heterocycles. The SMILES string of the molecule is Cn1ccc(=O)n(CCC=O)c1=O. The monoisotopic (exact) mass is 182 g/mol. The molecule has 0 saturated heterocycles. The number of hydrogen-bond donors (Lipinski definition) is 0. The summed E-state index contributed by atoms with van der Waals surface area (Å²) in [6.07, 6.45) is 2.26. The van der Waals surface area contributed by atoms with Gasteiger partial charge in [0.2, 0.25) is 0 Å². The molecule has 0 aliphatic carbocycles. The standard InChI is InChI=1S/C8H10N2O3/c1-9-5-3-7(12)10(8(9)13)4-2-6-11/h3,5-6H,2,4H2,1H3. The molecular weight excluding hydrogens is 172 g/mol. The van der Waals surface area contributed by atoms with Crippen molar-refractivity contribution in [3.8, 4) is 0 Å². The zero-order valence-corrected chi connectivity index (χ0v) is 7.27. The van der Waals surface area contributed by atoms with Gasteiger partial charge in [-0.1, -0.05) is 0 Å². The summed E-state index contributed by atoms with van der Waals surface area (Å²) >= 11 is 0. The smallest absolute Gasteiger partial charge is 0.303 e. The highest BCUT2D eigenvalue weighted by Crippen LogP contribution is 1.78. The Kier molecular flexibility index (Phi) is 2.79. The van der Waals surface area contributed by atoms with Crippen LogP contribution in [-0.2, 0) is 18.4 Å². The van der Waals surface area contributed by atoms with Crippen LogP contribution in [0.5, 0.6) is 0 Å². The molecule has 0 aromatic carbocycles. The zero-order chi connectivity index (χ0) is 9.84. The Morgan fingerprint density at radius 1 is 1.46 bits per heavy atom. The van der Waals surface area contributed by atoms with E-state index in [1.165, 1.54) is 16.8 Å². The molecule has 0 bridgehead atoms. The van der Waals surface area contributed by atoms with Gasteiger partial charge in [0.15, 0.2) is 0 Å². The minimum atomic E-state index is -0.394. The first kappa shape index (κ1) is 9.44. The predicted molar refractivity (Wildman–Crippen MR) is 46.6 cm³/mol. The molecule has 0 aliphatic rings. The molecule has 70 valence electrons. The molecule has 0 atom stereocenters. The van der Waals surface area contributed by atoms with E-state index in [4.69, 9.17) is 0 Å². The first-order valence-corrected chi connectivity index (χ1v) is 3.87. The third kappa shape index (κ3) is 1.93. The fourth-order valence-electron chi connectivity index (χ4n) is 1.00. The third-order valence-corrected chi connectivity index (χ3v) is 1.71. The van der Waals surface area contributed by atoms with Crippen LogP contribution in [0.1, 0.15) is 6.42 Å². The Balaban J connectivity index is 3.18. The van der Waals surface area contributed by atoms with Gasteiger partial charge in [-0.2, -0.15) is 0 Å². The van der Waals surface area contributed by atoms with Crippen LogP contribution in [0.3, 0.4) is 0 Å². The van der Waals surface area contributed by atoms with Gasteiger partial charge >= 0.3 is 5.69 Å². The molecule has 0 amide bonds. The summed E-state index contributed by atoms with van der Waals surface area (Å²) in [5.41, 5.74) is -0.765. The Morgan fingerprint density at radius 2 is 2.15 bits per heavy atom. The molecule has 0 spiro atoms. The number of hydrogen-bond acceptors (Lipinski definition) is 3. The van der Waals surface area contributed by atoms with Crippen LogP contribution >= 0.6 is 0 Å². The zero-order valence-electron chi connectivity index (χ0n) is 7.27. The van der Waals surface area contributed by atoms with Crippen molar-refractivity contribution in [1.82, 2.24) is 9.13 Å². The van der Waals surface area contributed by atoms with E-state index in [0.29, 0.717) is 6.29 Å². The highest BCUT2D eigenvalue weighted by Gasteiger charge is 2.00. The highest BCUT2D eigenvalue weighted by atomic mass is 16.2. The van der Waals surface area contributed by atoms with Gasteiger partial charge in [0.05, 0.1) is 0 Å². The van der Waals surface area contributed by atoms with Crippen molar-refractivity contribution in [1.29, 1.82) is 0 Å². The first-order chi connectivity index (χ1) is 6.16. The van der Waals surface area contributed by atoms with E-state index in [9.17, 15) is 14.4 Å². The Hall–Kier alpha value is -1.65. The van der Waals surface area contributed by atoms with E-state index in [1.54, 1.807) is 7.05 Å². The van der Waals surface area contributed by atoms with Crippen LogP contribution in [0.25, 0.3) is 0 Å². The van der Waals surface area contributed by atoms with Gasteiger partial charge in [0.25, 0.3) is 5.56 Å². The second kappa shape index (κ2) is 3.84. The summed E-state index contributed by atoms with van der Waals surface area (Å²) in [4.78, 5) is 32.5. The molecule has 0 saturated carbocycles. The predicted octanol–water partition coefficient (Wildman–Crippen LogP) is -0.864. The lowest BCUT2D eigenvalue weighted by atomic mass is 10.4. The van der Waals surface area contributed by atoms with Gasteiger partial charge in [-0.15, -0.1) is 0 Å². The maximum absolute atomic E-state index is 11.3. The van der Waals surface area contributed by atoms with Crippen LogP contribution in [-0.4, -0.2) is 15.4 Å². The molecule has 5 nitrogen and oxygen atoms in total. The molecule has 1 heterocycles. The van der Waals surface area contributed by atoms with Crippen molar-refractivity contribution in [2.75, 3.05) is 0 Å². The second-order valence-electron chi connectivity index (χ2n) is 2.65. The lowest BCUT2D eigenvalue weighted by molar-refractivity contribution is -0.108. The van der Waals surface area contributed by atoms with E-state index in [1.807, 2.05) is 0 Å². The van der Waals surface area contributed by atoms with Gasteiger partial charge in [-0.25, -0.2) is 4.79 Å². The van der Waals surface area contributed by atoms with Gasteiger partial charge < -0.3 is 9.36 Å². The summed E-state index contributed by atoms with van der Waals surface area (Å²) in [7, 11) is 1.55. The fraction of sp³-hybridized carbons (Fsp3) is 0.375. The molecule has 1 aromatic heterocycles. The molecule has 0 N–H and O–H groups in total. The van der Waals surface area contributed by atoms with Crippen LogP contribution in [0.4, 0.5) is 0 Å². The summed E-state index contributed by atoms with van der Waals surface area (Å²) in [6, 6.07) is 1.30. The van der Waals surface area contributed by atoms with Crippen LogP contribution in [0.15, 0.2) is 21.9 Å². The average Bonchev–Trinajstić information content (AvgIpc) is 2.12.